The zero-order valence-electron chi connectivity index (χ0n) is 11.0. The van der Waals surface area contributed by atoms with E-state index in [1.165, 1.54) is 29.7 Å². The van der Waals surface area contributed by atoms with Crippen molar-refractivity contribution in [1.82, 2.24) is 0 Å². The number of hydrogen-bond acceptors (Lipinski definition) is 2. The number of nitrogens with zero attached hydrogens (tertiary/aromatic N) is 1. The summed E-state index contributed by atoms with van der Waals surface area (Å²) >= 11 is 0. The van der Waals surface area contributed by atoms with Crippen LogP contribution >= 0.6 is 0 Å². The summed E-state index contributed by atoms with van der Waals surface area (Å²) < 4.78 is 5.29. The van der Waals surface area contributed by atoms with Gasteiger partial charge in [0.1, 0.15) is 5.75 Å². The van der Waals surface area contributed by atoms with Crippen molar-refractivity contribution in [3.63, 3.8) is 0 Å². The Morgan fingerprint density at radius 1 is 1.35 bits per heavy atom. The number of fused-ring (bicyclic) bond motifs is 1. The number of benzene rings is 1. The van der Waals surface area contributed by atoms with Crippen LogP contribution in [0.5, 0.6) is 5.75 Å². The van der Waals surface area contributed by atoms with Crippen LogP contribution in [0, 0.1) is 0 Å². The van der Waals surface area contributed by atoms with Crippen LogP contribution < -0.4 is 4.74 Å². The number of hydrogen-bond donors (Lipinski definition) is 0. The van der Waals surface area contributed by atoms with Gasteiger partial charge in [0.2, 0.25) is 0 Å². The number of methoxy groups -OCH3 is 1. The van der Waals surface area contributed by atoms with E-state index in [1.54, 1.807) is 7.11 Å². The lowest BCUT2D eigenvalue weighted by Crippen LogP contribution is -2.04. The van der Waals surface area contributed by atoms with Crippen molar-refractivity contribution in [2.45, 2.75) is 45.6 Å². The Kier molecular flexibility index (Phi) is 3.82. The highest BCUT2D eigenvalue weighted by Crippen LogP contribution is 2.27. The van der Waals surface area contributed by atoms with Crippen LogP contribution in [-0.4, -0.2) is 18.9 Å². The van der Waals surface area contributed by atoms with Gasteiger partial charge in [0.15, 0.2) is 0 Å². The van der Waals surface area contributed by atoms with E-state index in [-0.39, 0.29) is 0 Å². The van der Waals surface area contributed by atoms with Gasteiger partial charge in [0.25, 0.3) is 0 Å². The molecule has 0 aromatic heterocycles. The SMILES string of the molecule is CCCC(C)N=C1CCc2ccc(OC)cc21. The third-order valence-electron chi connectivity index (χ3n) is 3.34. The highest BCUT2D eigenvalue weighted by Gasteiger charge is 2.18. The molecule has 0 heterocycles. The topological polar surface area (TPSA) is 21.6 Å². The molecule has 0 saturated carbocycles. The molecule has 0 N–H and O–H groups in total. The quantitative estimate of drug-likeness (QED) is 0.775. The van der Waals surface area contributed by atoms with E-state index in [9.17, 15) is 0 Å². The summed E-state index contributed by atoms with van der Waals surface area (Å²) in [5, 5.41) is 0. The maximum absolute atomic E-state index is 5.29. The molecule has 0 spiro atoms. The summed E-state index contributed by atoms with van der Waals surface area (Å²) in [4.78, 5) is 4.84. The second-order valence-electron chi connectivity index (χ2n) is 4.74. The summed E-state index contributed by atoms with van der Waals surface area (Å²) in [6.45, 7) is 4.41. The minimum atomic E-state index is 0.437. The molecular formula is C15H21NO. The standard InChI is InChI=1S/C15H21NO/c1-4-5-11(2)16-15-9-7-12-6-8-13(17-3)10-14(12)15/h6,8,10-11H,4-5,7,9H2,1-3H3. The molecule has 1 aliphatic rings. The molecule has 1 unspecified atom stereocenters. The molecule has 0 aliphatic heterocycles. The normalized spacial score (nSPS) is 18.2. The van der Waals surface area contributed by atoms with Crippen LogP contribution in [0.15, 0.2) is 23.2 Å². The largest absolute Gasteiger partial charge is 0.497 e. The molecule has 1 atom stereocenters. The molecule has 1 aromatic rings. The van der Waals surface area contributed by atoms with Gasteiger partial charge < -0.3 is 4.74 Å². The fourth-order valence-corrected chi connectivity index (χ4v) is 2.44. The maximum atomic E-state index is 5.29. The summed E-state index contributed by atoms with van der Waals surface area (Å²) in [7, 11) is 1.72. The lowest BCUT2D eigenvalue weighted by Gasteiger charge is -2.08. The molecular weight excluding hydrogens is 210 g/mol. The van der Waals surface area contributed by atoms with Crippen LogP contribution in [0.25, 0.3) is 0 Å². The number of ether oxygens (including phenoxy) is 1. The monoisotopic (exact) mass is 231 g/mol. The molecule has 0 fully saturated rings. The van der Waals surface area contributed by atoms with Crippen molar-refractivity contribution in [3.8, 4) is 5.75 Å². The molecule has 0 radical (unpaired) electrons. The van der Waals surface area contributed by atoms with Crippen molar-refractivity contribution in [2.24, 2.45) is 4.99 Å². The Morgan fingerprint density at radius 2 is 2.18 bits per heavy atom. The smallest absolute Gasteiger partial charge is 0.119 e. The second-order valence-corrected chi connectivity index (χ2v) is 4.74. The van der Waals surface area contributed by atoms with Crippen LogP contribution in [0.4, 0.5) is 0 Å². The molecule has 92 valence electrons. The molecule has 0 saturated heterocycles. The van der Waals surface area contributed by atoms with E-state index in [0.717, 1.165) is 18.6 Å². The van der Waals surface area contributed by atoms with Crippen LogP contribution in [0.3, 0.4) is 0 Å². The van der Waals surface area contributed by atoms with Gasteiger partial charge in [0.05, 0.1) is 7.11 Å². The van der Waals surface area contributed by atoms with Crippen molar-refractivity contribution in [3.05, 3.63) is 29.3 Å². The fraction of sp³-hybridized carbons (Fsp3) is 0.533. The molecule has 2 heteroatoms. The Bertz CT molecular complexity index is 423. The van der Waals surface area contributed by atoms with Gasteiger partial charge >= 0.3 is 0 Å². The average molecular weight is 231 g/mol. The molecule has 0 amide bonds. The van der Waals surface area contributed by atoms with Crippen LogP contribution in [-0.2, 0) is 6.42 Å². The molecule has 2 nitrogen and oxygen atoms in total. The Hall–Kier alpha value is -1.31. The van der Waals surface area contributed by atoms with Crippen LogP contribution in [0.2, 0.25) is 0 Å². The predicted octanol–water partition coefficient (Wildman–Crippen LogP) is 3.62. The Labute approximate surface area is 104 Å². The third-order valence-corrected chi connectivity index (χ3v) is 3.34. The van der Waals surface area contributed by atoms with Gasteiger partial charge in [-0.1, -0.05) is 19.4 Å². The van der Waals surface area contributed by atoms with Crippen LogP contribution in [0.1, 0.15) is 44.2 Å². The predicted molar refractivity (Wildman–Crippen MR) is 72.2 cm³/mol. The van der Waals surface area contributed by atoms with Crippen molar-refractivity contribution in [1.29, 1.82) is 0 Å². The van der Waals surface area contributed by atoms with E-state index < -0.39 is 0 Å². The van der Waals surface area contributed by atoms with Crippen molar-refractivity contribution in [2.75, 3.05) is 7.11 Å². The molecule has 2 rings (SSSR count). The molecule has 17 heavy (non-hydrogen) atoms. The summed E-state index contributed by atoms with van der Waals surface area (Å²) in [6.07, 6.45) is 4.57. The number of aryl methyl sites for hydroxylation is 1. The highest BCUT2D eigenvalue weighted by atomic mass is 16.5. The molecule has 1 aliphatic carbocycles. The number of aliphatic imine (C=N–C) groups is 1. The Morgan fingerprint density at radius 3 is 2.88 bits per heavy atom. The molecule has 1 aromatic carbocycles. The zero-order chi connectivity index (χ0) is 12.3. The first-order valence-electron chi connectivity index (χ1n) is 6.48. The lowest BCUT2D eigenvalue weighted by atomic mass is 10.1. The average Bonchev–Trinajstić information content (AvgIpc) is 2.72. The summed E-state index contributed by atoms with van der Waals surface area (Å²) in [6, 6.07) is 6.77. The highest BCUT2D eigenvalue weighted by molar-refractivity contribution is 6.04. The van der Waals surface area contributed by atoms with E-state index >= 15 is 0 Å². The lowest BCUT2D eigenvalue weighted by molar-refractivity contribution is 0.414. The first-order chi connectivity index (χ1) is 8.24. The first kappa shape index (κ1) is 12.2. The second kappa shape index (κ2) is 5.35. The van der Waals surface area contributed by atoms with Crippen molar-refractivity contribution >= 4 is 5.71 Å². The van der Waals surface area contributed by atoms with Gasteiger partial charge in [-0.05, 0) is 43.9 Å². The van der Waals surface area contributed by atoms with E-state index in [4.69, 9.17) is 9.73 Å². The van der Waals surface area contributed by atoms with E-state index in [0.29, 0.717) is 6.04 Å². The fourth-order valence-electron chi connectivity index (χ4n) is 2.44. The van der Waals surface area contributed by atoms with Crippen molar-refractivity contribution < 1.29 is 4.74 Å². The van der Waals surface area contributed by atoms with Gasteiger partial charge in [0, 0.05) is 17.3 Å². The summed E-state index contributed by atoms with van der Waals surface area (Å²) in [5.74, 6) is 0.932. The van der Waals surface area contributed by atoms with E-state index in [1.807, 2.05) is 6.07 Å². The van der Waals surface area contributed by atoms with Gasteiger partial charge in [-0.25, -0.2) is 0 Å². The molecule has 0 bridgehead atoms. The number of rotatable bonds is 4. The summed E-state index contributed by atoms with van der Waals surface area (Å²) in [5.41, 5.74) is 3.97. The minimum absolute atomic E-state index is 0.437. The Balaban J connectivity index is 2.25. The zero-order valence-corrected chi connectivity index (χ0v) is 11.0. The maximum Gasteiger partial charge on any atom is 0.119 e. The van der Waals surface area contributed by atoms with Gasteiger partial charge in [-0.3, -0.25) is 4.99 Å². The third kappa shape index (κ3) is 2.68. The van der Waals surface area contributed by atoms with Gasteiger partial charge in [-0.15, -0.1) is 0 Å². The first-order valence-corrected chi connectivity index (χ1v) is 6.48. The van der Waals surface area contributed by atoms with E-state index in [2.05, 4.69) is 26.0 Å². The van der Waals surface area contributed by atoms with Gasteiger partial charge in [-0.2, -0.15) is 0 Å². The minimum Gasteiger partial charge on any atom is -0.497 e.